The summed E-state index contributed by atoms with van der Waals surface area (Å²) in [4.78, 5) is 7.29. The highest BCUT2D eigenvalue weighted by Crippen LogP contribution is 2.19. The third-order valence-corrected chi connectivity index (χ3v) is 5.74. The molecule has 0 amide bonds. The van der Waals surface area contributed by atoms with Crippen LogP contribution in [0.4, 0.5) is 0 Å². The van der Waals surface area contributed by atoms with Crippen molar-refractivity contribution in [2.75, 3.05) is 32.8 Å². The van der Waals surface area contributed by atoms with Crippen LogP contribution in [0.25, 0.3) is 0 Å². The first kappa shape index (κ1) is 23.9. The van der Waals surface area contributed by atoms with E-state index >= 15 is 0 Å². The van der Waals surface area contributed by atoms with Crippen LogP contribution in [0, 0.1) is 0 Å². The lowest BCUT2D eigenvalue weighted by Crippen LogP contribution is -2.48. The highest BCUT2D eigenvalue weighted by molar-refractivity contribution is 14.0. The third kappa shape index (κ3) is 7.71. The van der Waals surface area contributed by atoms with Crippen LogP contribution >= 0.6 is 24.0 Å². The molecule has 6 nitrogen and oxygen atoms in total. The molecule has 0 bridgehead atoms. The Kier molecular flexibility index (Phi) is 9.99. The topological polar surface area (TPSA) is 59.2 Å². The van der Waals surface area contributed by atoms with Gasteiger partial charge >= 0.3 is 0 Å². The zero-order chi connectivity index (χ0) is 20.4. The van der Waals surface area contributed by atoms with E-state index < -0.39 is 0 Å². The van der Waals surface area contributed by atoms with Crippen molar-refractivity contribution in [2.24, 2.45) is 4.99 Å². The van der Waals surface area contributed by atoms with Crippen LogP contribution < -0.4 is 10.1 Å². The molecule has 1 aromatic carbocycles. The first-order valence-electron chi connectivity index (χ1n) is 11.3. The van der Waals surface area contributed by atoms with Gasteiger partial charge in [0, 0.05) is 45.5 Å². The summed E-state index contributed by atoms with van der Waals surface area (Å²) in [5.74, 6) is 2.93. The van der Waals surface area contributed by atoms with E-state index in [-0.39, 0.29) is 36.2 Å². The summed E-state index contributed by atoms with van der Waals surface area (Å²) in [7, 11) is 0. The number of rotatable bonds is 7. The van der Waals surface area contributed by atoms with Gasteiger partial charge in [0.25, 0.3) is 0 Å². The number of hydrogen-bond acceptors (Lipinski definition) is 4. The standard InChI is InChI=1S/C24H33N3O3.HI/c1-2-7-21(8-3-1)30-22-12-15-27(16-13-22)24(25-14-11-20-10-6-18-28-20)26-19-23-9-4-5-17-29-23;/h1-3,6-8,10,18,22-23H,4-5,9,11-17,19H2,(H,25,26);1H. The predicted octanol–water partition coefficient (Wildman–Crippen LogP) is 4.50. The van der Waals surface area contributed by atoms with Crippen LogP contribution in [0.2, 0.25) is 0 Å². The van der Waals surface area contributed by atoms with Crippen LogP contribution in [0.1, 0.15) is 37.9 Å². The van der Waals surface area contributed by atoms with E-state index in [1.165, 1.54) is 12.8 Å². The molecule has 2 saturated heterocycles. The van der Waals surface area contributed by atoms with Gasteiger partial charge in [-0.2, -0.15) is 0 Å². The molecule has 2 fully saturated rings. The number of guanidine groups is 1. The van der Waals surface area contributed by atoms with Gasteiger partial charge in [0.15, 0.2) is 5.96 Å². The minimum absolute atomic E-state index is 0. The first-order valence-corrected chi connectivity index (χ1v) is 11.3. The summed E-state index contributed by atoms with van der Waals surface area (Å²) in [6.07, 6.45) is 8.58. The molecule has 4 rings (SSSR count). The van der Waals surface area contributed by atoms with Gasteiger partial charge in [0.2, 0.25) is 0 Å². The molecule has 7 heteroatoms. The van der Waals surface area contributed by atoms with Crippen molar-refractivity contribution >= 4 is 29.9 Å². The van der Waals surface area contributed by atoms with Gasteiger partial charge < -0.3 is 24.1 Å². The Morgan fingerprint density at radius 2 is 1.90 bits per heavy atom. The number of nitrogens with zero attached hydrogens (tertiary/aromatic N) is 2. The van der Waals surface area contributed by atoms with Gasteiger partial charge in [-0.3, -0.25) is 4.99 Å². The molecular formula is C24H34IN3O3. The second-order valence-corrected chi connectivity index (χ2v) is 8.03. The normalized spacial score (nSPS) is 20.2. The maximum atomic E-state index is 6.15. The molecule has 31 heavy (non-hydrogen) atoms. The summed E-state index contributed by atoms with van der Waals surface area (Å²) in [6.45, 7) is 4.27. The molecule has 170 valence electrons. The largest absolute Gasteiger partial charge is 0.490 e. The predicted molar refractivity (Wildman–Crippen MR) is 133 cm³/mol. The van der Waals surface area contributed by atoms with Crippen molar-refractivity contribution in [1.29, 1.82) is 0 Å². The van der Waals surface area contributed by atoms with Crippen molar-refractivity contribution < 1.29 is 13.9 Å². The van der Waals surface area contributed by atoms with Gasteiger partial charge in [-0.05, 0) is 43.5 Å². The maximum Gasteiger partial charge on any atom is 0.194 e. The van der Waals surface area contributed by atoms with E-state index in [0.29, 0.717) is 0 Å². The zero-order valence-corrected chi connectivity index (χ0v) is 20.4. The summed E-state index contributed by atoms with van der Waals surface area (Å²) in [5, 5.41) is 3.55. The van der Waals surface area contributed by atoms with Crippen LogP contribution in [-0.2, 0) is 11.2 Å². The summed E-state index contributed by atoms with van der Waals surface area (Å²) in [6, 6.07) is 14.1. The average Bonchev–Trinajstić information content (AvgIpc) is 3.32. The minimum Gasteiger partial charge on any atom is -0.490 e. The zero-order valence-electron chi connectivity index (χ0n) is 18.1. The molecule has 0 aliphatic carbocycles. The Labute approximate surface area is 202 Å². The van der Waals surface area contributed by atoms with Crippen molar-refractivity contribution in [1.82, 2.24) is 10.2 Å². The number of para-hydroxylation sites is 1. The van der Waals surface area contributed by atoms with Crippen molar-refractivity contribution in [2.45, 2.75) is 50.7 Å². The third-order valence-electron chi connectivity index (χ3n) is 5.74. The molecule has 0 spiro atoms. The number of furan rings is 1. The van der Waals surface area contributed by atoms with Crippen LogP contribution in [-0.4, -0.2) is 55.9 Å². The number of ether oxygens (including phenoxy) is 2. The molecule has 3 heterocycles. The van der Waals surface area contributed by atoms with Gasteiger partial charge in [-0.1, -0.05) is 18.2 Å². The highest BCUT2D eigenvalue weighted by atomic mass is 127. The number of nitrogens with one attached hydrogen (secondary N) is 1. The summed E-state index contributed by atoms with van der Waals surface area (Å²) < 4.78 is 17.5. The number of likely N-dealkylation sites (tertiary alicyclic amines) is 1. The molecule has 0 saturated carbocycles. The second kappa shape index (κ2) is 13.0. The van der Waals surface area contributed by atoms with Gasteiger partial charge in [-0.25, -0.2) is 0 Å². The number of aliphatic imine (C=N–C) groups is 1. The van der Waals surface area contributed by atoms with E-state index in [0.717, 1.165) is 75.9 Å². The van der Waals surface area contributed by atoms with Gasteiger partial charge in [0.1, 0.15) is 17.6 Å². The Hall–Kier alpha value is -1.74. The monoisotopic (exact) mass is 539 g/mol. The SMILES string of the molecule is I.c1ccc(OC2CCN(C(=NCC3CCCCO3)NCCc3ccco3)CC2)cc1. The van der Waals surface area contributed by atoms with E-state index in [2.05, 4.69) is 10.2 Å². The quantitative estimate of drug-likeness (QED) is 0.319. The van der Waals surface area contributed by atoms with Crippen molar-refractivity contribution in [3.63, 3.8) is 0 Å². The Morgan fingerprint density at radius 1 is 1.06 bits per heavy atom. The summed E-state index contributed by atoms with van der Waals surface area (Å²) in [5.41, 5.74) is 0. The van der Waals surface area contributed by atoms with Crippen molar-refractivity contribution in [3.8, 4) is 5.75 Å². The molecule has 1 aromatic heterocycles. The minimum atomic E-state index is 0. The summed E-state index contributed by atoms with van der Waals surface area (Å²) >= 11 is 0. The molecule has 2 aliphatic rings. The van der Waals surface area contributed by atoms with Crippen LogP contribution in [0.5, 0.6) is 5.75 Å². The molecule has 0 radical (unpaired) electrons. The second-order valence-electron chi connectivity index (χ2n) is 8.03. The first-order chi connectivity index (χ1) is 14.9. The molecule has 2 aliphatic heterocycles. The van der Waals surface area contributed by atoms with Crippen molar-refractivity contribution in [3.05, 3.63) is 54.5 Å². The highest BCUT2D eigenvalue weighted by Gasteiger charge is 2.23. The van der Waals surface area contributed by atoms with E-state index in [1.807, 2.05) is 42.5 Å². The van der Waals surface area contributed by atoms with E-state index in [1.54, 1.807) is 6.26 Å². The fourth-order valence-electron chi connectivity index (χ4n) is 4.04. The Bertz CT molecular complexity index is 756. The fourth-order valence-corrected chi connectivity index (χ4v) is 4.04. The molecule has 1 unspecified atom stereocenters. The lowest BCUT2D eigenvalue weighted by Gasteiger charge is -2.34. The lowest BCUT2D eigenvalue weighted by atomic mass is 10.1. The fraction of sp³-hybridized carbons (Fsp3) is 0.542. The average molecular weight is 539 g/mol. The molecule has 2 aromatic rings. The van der Waals surface area contributed by atoms with Gasteiger partial charge in [0.05, 0.1) is 18.9 Å². The van der Waals surface area contributed by atoms with E-state index in [4.69, 9.17) is 18.9 Å². The number of benzene rings is 1. The number of hydrogen-bond donors (Lipinski definition) is 1. The van der Waals surface area contributed by atoms with Crippen LogP contribution in [0.3, 0.4) is 0 Å². The number of halogens is 1. The lowest BCUT2D eigenvalue weighted by molar-refractivity contribution is 0.0222. The molecule has 1 N–H and O–H groups in total. The van der Waals surface area contributed by atoms with E-state index in [9.17, 15) is 0 Å². The smallest absolute Gasteiger partial charge is 0.194 e. The Balaban J connectivity index is 0.00000272. The molecular weight excluding hydrogens is 505 g/mol. The molecule has 1 atom stereocenters. The number of piperidine rings is 1. The van der Waals surface area contributed by atoms with Gasteiger partial charge in [-0.15, -0.1) is 24.0 Å². The van der Waals surface area contributed by atoms with Crippen LogP contribution in [0.15, 0.2) is 58.1 Å². The maximum absolute atomic E-state index is 6.15. The Morgan fingerprint density at radius 3 is 2.61 bits per heavy atom.